The molecule has 2 amide bonds. The molecule has 3 aromatic rings. The number of aromatic nitrogens is 1. The fourth-order valence-electron chi connectivity index (χ4n) is 3.06. The highest BCUT2D eigenvalue weighted by Crippen LogP contribution is 2.18. The van der Waals surface area contributed by atoms with Crippen molar-refractivity contribution in [3.05, 3.63) is 58.9 Å². The van der Waals surface area contributed by atoms with Crippen molar-refractivity contribution in [3.8, 4) is 0 Å². The fourth-order valence-corrected chi connectivity index (χ4v) is 3.46. The van der Waals surface area contributed by atoms with Crippen LogP contribution in [-0.2, 0) is 6.54 Å². The molecular weight excluding hydrogens is 396 g/mol. The van der Waals surface area contributed by atoms with Crippen LogP contribution in [0.4, 0.5) is 10.5 Å². The maximum absolute atomic E-state index is 12.4. The van der Waals surface area contributed by atoms with Crippen molar-refractivity contribution in [2.24, 2.45) is 0 Å². The number of para-hydroxylation sites is 2. The minimum atomic E-state index is -0.0652. The van der Waals surface area contributed by atoms with Crippen molar-refractivity contribution in [1.82, 2.24) is 14.8 Å². The van der Waals surface area contributed by atoms with Gasteiger partial charge in [0.15, 0.2) is 5.58 Å². The summed E-state index contributed by atoms with van der Waals surface area (Å²) in [5, 5.41) is 2.94. The molecule has 1 saturated heterocycles. The number of hydrogen-bond donors (Lipinski definition) is 1. The average molecular weight is 415 g/mol. The molecular formula is C19H19BrN4O2. The summed E-state index contributed by atoms with van der Waals surface area (Å²) in [5.74, 6) is 0.721. The molecule has 4 rings (SSSR count). The Balaban J connectivity index is 1.31. The Kier molecular flexibility index (Phi) is 4.90. The quantitative estimate of drug-likeness (QED) is 0.704. The highest BCUT2D eigenvalue weighted by Gasteiger charge is 2.22. The first-order chi connectivity index (χ1) is 12.7. The standard InChI is InChI=1S/C19H19BrN4O2/c20-14-4-3-5-15(12-14)21-19(25)24-10-8-23(9-11-24)13-18-22-16-6-1-2-7-17(16)26-18/h1-7,12H,8-11,13H2,(H,21,25). The number of nitrogens with zero attached hydrogens (tertiary/aromatic N) is 3. The number of carbonyl (C=O) groups is 1. The van der Waals surface area contributed by atoms with Crippen LogP contribution in [0, 0.1) is 0 Å². The average Bonchev–Trinajstić information content (AvgIpc) is 3.04. The Bertz CT molecular complexity index is 886. The summed E-state index contributed by atoms with van der Waals surface area (Å²) in [6.07, 6.45) is 0. The molecule has 6 nitrogen and oxygen atoms in total. The maximum Gasteiger partial charge on any atom is 0.321 e. The number of nitrogens with one attached hydrogen (secondary N) is 1. The van der Waals surface area contributed by atoms with E-state index in [-0.39, 0.29) is 6.03 Å². The summed E-state index contributed by atoms with van der Waals surface area (Å²) in [6.45, 7) is 3.62. The van der Waals surface area contributed by atoms with Crippen LogP contribution in [-0.4, -0.2) is 47.0 Å². The van der Waals surface area contributed by atoms with Crippen LogP contribution >= 0.6 is 15.9 Å². The topological polar surface area (TPSA) is 61.6 Å². The first kappa shape index (κ1) is 17.1. The monoisotopic (exact) mass is 414 g/mol. The van der Waals surface area contributed by atoms with Gasteiger partial charge in [0, 0.05) is 36.3 Å². The number of rotatable bonds is 3. The minimum absolute atomic E-state index is 0.0652. The molecule has 1 aliphatic rings. The van der Waals surface area contributed by atoms with Gasteiger partial charge in [-0.2, -0.15) is 0 Å². The lowest BCUT2D eigenvalue weighted by Crippen LogP contribution is -2.49. The molecule has 1 N–H and O–H groups in total. The number of halogens is 1. The highest BCUT2D eigenvalue weighted by atomic mass is 79.9. The molecule has 0 bridgehead atoms. The van der Waals surface area contributed by atoms with Gasteiger partial charge in [0.25, 0.3) is 0 Å². The Labute approximate surface area is 159 Å². The van der Waals surface area contributed by atoms with Gasteiger partial charge >= 0.3 is 6.03 Å². The molecule has 2 aromatic carbocycles. The molecule has 0 unspecified atom stereocenters. The van der Waals surface area contributed by atoms with Crippen molar-refractivity contribution >= 4 is 38.7 Å². The number of fused-ring (bicyclic) bond motifs is 1. The lowest BCUT2D eigenvalue weighted by Gasteiger charge is -2.34. The number of carbonyl (C=O) groups excluding carboxylic acids is 1. The molecule has 0 atom stereocenters. The van der Waals surface area contributed by atoms with Gasteiger partial charge < -0.3 is 14.6 Å². The van der Waals surface area contributed by atoms with Crippen LogP contribution in [0.3, 0.4) is 0 Å². The second kappa shape index (κ2) is 7.47. The molecule has 0 radical (unpaired) electrons. The zero-order valence-corrected chi connectivity index (χ0v) is 15.8. The number of oxazole rings is 1. The summed E-state index contributed by atoms with van der Waals surface area (Å²) in [5.41, 5.74) is 2.49. The van der Waals surface area contributed by atoms with E-state index in [9.17, 15) is 4.79 Å². The summed E-state index contributed by atoms with van der Waals surface area (Å²) in [7, 11) is 0. The summed E-state index contributed by atoms with van der Waals surface area (Å²) < 4.78 is 6.73. The Morgan fingerprint density at radius 1 is 1.12 bits per heavy atom. The normalized spacial score (nSPS) is 15.3. The predicted octanol–water partition coefficient (Wildman–Crippen LogP) is 3.94. The van der Waals surface area contributed by atoms with E-state index < -0.39 is 0 Å². The smallest absolute Gasteiger partial charge is 0.321 e. The Morgan fingerprint density at radius 2 is 1.92 bits per heavy atom. The van der Waals surface area contributed by atoms with Crippen molar-refractivity contribution in [1.29, 1.82) is 0 Å². The lowest BCUT2D eigenvalue weighted by atomic mass is 10.3. The maximum atomic E-state index is 12.4. The molecule has 7 heteroatoms. The zero-order chi connectivity index (χ0) is 17.9. The van der Waals surface area contributed by atoms with Gasteiger partial charge in [-0.1, -0.05) is 34.1 Å². The van der Waals surface area contributed by atoms with E-state index in [1.165, 1.54) is 0 Å². The van der Waals surface area contributed by atoms with Gasteiger partial charge in [0.2, 0.25) is 5.89 Å². The van der Waals surface area contributed by atoms with E-state index >= 15 is 0 Å². The van der Waals surface area contributed by atoms with Gasteiger partial charge in [-0.25, -0.2) is 9.78 Å². The Hall–Kier alpha value is -2.38. The number of urea groups is 1. The van der Waals surface area contributed by atoms with Crippen molar-refractivity contribution < 1.29 is 9.21 Å². The molecule has 0 aliphatic carbocycles. The molecule has 26 heavy (non-hydrogen) atoms. The number of piperazine rings is 1. The van der Waals surface area contributed by atoms with Crippen molar-refractivity contribution in [2.75, 3.05) is 31.5 Å². The summed E-state index contributed by atoms with van der Waals surface area (Å²) in [4.78, 5) is 21.0. The molecule has 134 valence electrons. The van der Waals surface area contributed by atoms with E-state index in [0.29, 0.717) is 19.6 Å². The van der Waals surface area contributed by atoms with Crippen LogP contribution in [0.1, 0.15) is 5.89 Å². The van der Waals surface area contributed by atoms with E-state index in [1.54, 1.807) is 0 Å². The van der Waals surface area contributed by atoms with Crippen LogP contribution in [0.2, 0.25) is 0 Å². The van der Waals surface area contributed by atoms with Crippen molar-refractivity contribution in [3.63, 3.8) is 0 Å². The summed E-state index contributed by atoms with van der Waals surface area (Å²) >= 11 is 3.41. The van der Waals surface area contributed by atoms with E-state index in [0.717, 1.165) is 40.2 Å². The third-order valence-corrected chi connectivity index (χ3v) is 4.93. The largest absolute Gasteiger partial charge is 0.439 e. The second-order valence-corrected chi connectivity index (χ2v) is 7.19. The molecule has 0 saturated carbocycles. The number of amides is 2. The van der Waals surface area contributed by atoms with Crippen molar-refractivity contribution in [2.45, 2.75) is 6.54 Å². The third kappa shape index (κ3) is 3.89. The number of anilines is 1. The van der Waals surface area contributed by atoms with Crippen LogP contribution in [0.15, 0.2) is 57.4 Å². The fraction of sp³-hybridized carbons (Fsp3) is 0.263. The van der Waals surface area contributed by atoms with Gasteiger partial charge in [-0.3, -0.25) is 4.90 Å². The van der Waals surface area contributed by atoms with E-state index in [4.69, 9.17) is 4.42 Å². The third-order valence-electron chi connectivity index (χ3n) is 4.43. The van der Waals surface area contributed by atoms with Gasteiger partial charge in [0.1, 0.15) is 5.52 Å². The first-order valence-corrected chi connectivity index (χ1v) is 9.35. The Morgan fingerprint density at radius 3 is 2.69 bits per heavy atom. The lowest BCUT2D eigenvalue weighted by molar-refractivity contribution is 0.136. The van der Waals surface area contributed by atoms with Crippen LogP contribution in [0.25, 0.3) is 11.1 Å². The molecule has 2 heterocycles. The van der Waals surface area contributed by atoms with Gasteiger partial charge in [-0.15, -0.1) is 0 Å². The van der Waals surface area contributed by atoms with Gasteiger partial charge in [0.05, 0.1) is 6.54 Å². The molecule has 1 fully saturated rings. The molecule has 1 aliphatic heterocycles. The molecule has 1 aromatic heterocycles. The zero-order valence-electron chi connectivity index (χ0n) is 14.2. The highest BCUT2D eigenvalue weighted by molar-refractivity contribution is 9.10. The number of hydrogen-bond acceptors (Lipinski definition) is 4. The minimum Gasteiger partial charge on any atom is -0.439 e. The predicted molar refractivity (Wildman–Crippen MR) is 104 cm³/mol. The number of benzene rings is 2. The summed E-state index contributed by atoms with van der Waals surface area (Å²) in [6, 6.07) is 15.3. The van der Waals surface area contributed by atoms with Crippen LogP contribution < -0.4 is 5.32 Å². The SMILES string of the molecule is O=C(Nc1cccc(Br)c1)N1CCN(Cc2nc3ccccc3o2)CC1. The van der Waals surface area contributed by atoms with E-state index in [2.05, 4.69) is 31.1 Å². The molecule has 0 spiro atoms. The first-order valence-electron chi connectivity index (χ1n) is 8.56. The second-order valence-electron chi connectivity index (χ2n) is 6.28. The van der Waals surface area contributed by atoms with Gasteiger partial charge in [-0.05, 0) is 30.3 Å². The van der Waals surface area contributed by atoms with Crippen LogP contribution in [0.5, 0.6) is 0 Å². The van der Waals surface area contributed by atoms with E-state index in [1.807, 2.05) is 53.4 Å².